The second-order valence-corrected chi connectivity index (χ2v) is 7.30. The molecule has 1 fully saturated rings. The number of carbonyl (C=O) groups excluding carboxylic acids is 1. The van der Waals surface area contributed by atoms with E-state index in [-0.39, 0.29) is 18.1 Å². The molecule has 1 aliphatic rings. The van der Waals surface area contributed by atoms with Crippen molar-refractivity contribution in [3.63, 3.8) is 0 Å². The third kappa shape index (κ3) is 3.61. The lowest BCUT2D eigenvalue weighted by atomic mass is 10.0. The molecule has 0 spiro atoms. The van der Waals surface area contributed by atoms with Crippen LogP contribution in [0.1, 0.15) is 52.3 Å². The van der Waals surface area contributed by atoms with Crippen LogP contribution in [0.4, 0.5) is 0 Å². The van der Waals surface area contributed by atoms with Gasteiger partial charge in [0, 0.05) is 6.54 Å². The van der Waals surface area contributed by atoms with Gasteiger partial charge in [-0.3, -0.25) is 10.1 Å². The molecule has 2 rings (SSSR count). The van der Waals surface area contributed by atoms with Crippen molar-refractivity contribution in [2.24, 2.45) is 11.8 Å². The van der Waals surface area contributed by atoms with Crippen LogP contribution in [0.15, 0.2) is 16.8 Å². The lowest BCUT2D eigenvalue weighted by Gasteiger charge is -2.24. The highest BCUT2D eigenvalue weighted by molar-refractivity contribution is 7.07. The van der Waals surface area contributed by atoms with E-state index in [0.717, 1.165) is 19.4 Å². The number of rotatable bonds is 6. The molecule has 3 nitrogen and oxygen atoms in total. The number of carbonyl (C=O) groups is 1. The smallest absolute Gasteiger partial charge is 0.241 e. The zero-order valence-corrected chi connectivity index (χ0v) is 13.7. The minimum Gasteiger partial charge on any atom is -0.322 e. The Morgan fingerprint density at radius 1 is 1.30 bits per heavy atom. The van der Waals surface area contributed by atoms with Gasteiger partial charge in [-0.05, 0) is 47.1 Å². The highest BCUT2D eigenvalue weighted by Gasteiger charge is 2.39. The van der Waals surface area contributed by atoms with Crippen LogP contribution in [-0.2, 0) is 4.79 Å². The standard InChI is InChI=1S/C16H26N2OS/c1-11(2)5-7-18-15(13-6-8-20-10-13)17-14(16(18)19)9-12(3)4/h6,8,10-12,14-15,17H,5,7,9H2,1-4H3. The molecule has 2 unspecified atom stereocenters. The number of amides is 1. The summed E-state index contributed by atoms with van der Waals surface area (Å²) in [6.45, 7) is 9.60. The molecule has 1 aromatic rings. The van der Waals surface area contributed by atoms with E-state index in [1.54, 1.807) is 11.3 Å². The lowest BCUT2D eigenvalue weighted by Crippen LogP contribution is -2.33. The number of hydrogen-bond donors (Lipinski definition) is 1. The van der Waals surface area contributed by atoms with Gasteiger partial charge in [0.05, 0.1) is 6.04 Å². The summed E-state index contributed by atoms with van der Waals surface area (Å²) in [6.07, 6.45) is 2.04. The van der Waals surface area contributed by atoms with E-state index in [1.165, 1.54) is 5.56 Å². The van der Waals surface area contributed by atoms with Crippen molar-refractivity contribution in [2.75, 3.05) is 6.54 Å². The van der Waals surface area contributed by atoms with E-state index in [1.807, 2.05) is 4.90 Å². The van der Waals surface area contributed by atoms with E-state index >= 15 is 0 Å². The summed E-state index contributed by atoms with van der Waals surface area (Å²) in [6, 6.07) is 2.10. The number of hydrogen-bond acceptors (Lipinski definition) is 3. The Hall–Kier alpha value is -0.870. The maximum Gasteiger partial charge on any atom is 0.241 e. The van der Waals surface area contributed by atoms with E-state index in [0.29, 0.717) is 11.8 Å². The average molecular weight is 294 g/mol. The molecule has 0 bridgehead atoms. The number of thiophene rings is 1. The van der Waals surface area contributed by atoms with Gasteiger partial charge in [-0.25, -0.2) is 0 Å². The van der Waals surface area contributed by atoms with Gasteiger partial charge in [-0.15, -0.1) is 0 Å². The zero-order chi connectivity index (χ0) is 14.7. The minimum absolute atomic E-state index is 0.0212. The van der Waals surface area contributed by atoms with E-state index in [4.69, 9.17) is 0 Å². The first-order valence-electron chi connectivity index (χ1n) is 7.57. The predicted molar refractivity (Wildman–Crippen MR) is 84.6 cm³/mol. The van der Waals surface area contributed by atoms with Crippen LogP contribution < -0.4 is 5.32 Å². The quantitative estimate of drug-likeness (QED) is 0.869. The molecule has 2 heterocycles. The summed E-state index contributed by atoms with van der Waals surface area (Å²) in [5, 5.41) is 7.76. The van der Waals surface area contributed by atoms with Gasteiger partial charge in [0.15, 0.2) is 0 Å². The topological polar surface area (TPSA) is 32.3 Å². The largest absolute Gasteiger partial charge is 0.322 e. The fourth-order valence-electron chi connectivity index (χ4n) is 2.66. The second-order valence-electron chi connectivity index (χ2n) is 6.52. The van der Waals surface area contributed by atoms with Gasteiger partial charge in [0.25, 0.3) is 0 Å². The van der Waals surface area contributed by atoms with Crippen LogP contribution in [0.2, 0.25) is 0 Å². The van der Waals surface area contributed by atoms with Gasteiger partial charge in [-0.2, -0.15) is 11.3 Å². The van der Waals surface area contributed by atoms with Crippen LogP contribution in [0, 0.1) is 11.8 Å². The molecule has 0 aromatic carbocycles. The van der Waals surface area contributed by atoms with Crippen LogP contribution in [0.5, 0.6) is 0 Å². The molecule has 0 saturated carbocycles. The van der Waals surface area contributed by atoms with Crippen LogP contribution in [-0.4, -0.2) is 23.4 Å². The van der Waals surface area contributed by atoms with Gasteiger partial charge in [0.1, 0.15) is 6.17 Å². The van der Waals surface area contributed by atoms with Gasteiger partial charge < -0.3 is 4.90 Å². The Balaban J connectivity index is 2.12. The number of nitrogens with zero attached hydrogens (tertiary/aromatic N) is 1. The van der Waals surface area contributed by atoms with Crippen LogP contribution >= 0.6 is 11.3 Å². The summed E-state index contributed by atoms with van der Waals surface area (Å²) >= 11 is 1.69. The molecular formula is C16H26N2OS. The molecule has 1 saturated heterocycles. The fourth-order valence-corrected chi connectivity index (χ4v) is 3.34. The normalized spacial score (nSPS) is 23.3. The third-order valence-corrected chi connectivity index (χ3v) is 4.47. The maximum absolute atomic E-state index is 12.6. The molecule has 0 radical (unpaired) electrons. The minimum atomic E-state index is -0.0212. The van der Waals surface area contributed by atoms with Crippen molar-refractivity contribution in [1.29, 1.82) is 0 Å². The monoisotopic (exact) mass is 294 g/mol. The first-order chi connectivity index (χ1) is 9.49. The zero-order valence-electron chi connectivity index (χ0n) is 12.9. The Morgan fingerprint density at radius 2 is 2.05 bits per heavy atom. The molecule has 1 N–H and O–H groups in total. The van der Waals surface area contributed by atoms with Crippen molar-refractivity contribution in [2.45, 2.75) is 52.7 Å². The molecule has 112 valence electrons. The Kier molecular flexibility index (Phi) is 5.22. The molecule has 1 aliphatic heterocycles. The van der Waals surface area contributed by atoms with Crippen molar-refractivity contribution in [1.82, 2.24) is 10.2 Å². The summed E-state index contributed by atoms with van der Waals surface area (Å²) in [7, 11) is 0. The van der Waals surface area contributed by atoms with Gasteiger partial charge in [0.2, 0.25) is 5.91 Å². The molecule has 20 heavy (non-hydrogen) atoms. The Morgan fingerprint density at radius 3 is 2.60 bits per heavy atom. The highest BCUT2D eigenvalue weighted by Crippen LogP contribution is 2.29. The predicted octanol–water partition coefficient (Wildman–Crippen LogP) is 3.64. The van der Waals surface area contributed by atoms with E-state index in [2.05, 4.69) is 49.8 Å². The summed E-state index contributed by atoms with van der Waals surface area (Å²) in [5.41, 5.74) is 1.22. The van der Waals surface area contributed by atoms with Crippen molar-refractivity contribution < 1.29 is 4.79 Å². The Labute approximate surface area is 126 Å². The molecule has 0 aliphatic carbocycles. The second kappa shape index (κ2) is 6.72. The van der Waals surface area contributed by atoms with Gasteiger partial charge >= 0.3 is 0 Å². The van der Waals surface area contributed by atoms with Gasteiger partial charge in [-0.1, -0.05) is 27.7 Å². The van der Waals surface area contributed by atoms with E-state index in [9.17, 15) is 4.79 Å². The van der Waals surface area contributed by atoms with Crippen LogP contribution in [0.3, 0.4) is 0 Å². The number of nitrogens with one attached hydrogen (secondary N) is 1. The maximum atomic E-state index is 12.6. The molecule has 1 amide bonds. The molecule has 1 aromatic heterocycles. The van der Waals surface area contributed by atoms with Crippen molar-refractivity contribution >= 4 is 17.2 Å². The summed E-state index contributed by atoms with van der Waals surface area (Å²) < 4.78 is 0. The first kappa shape index (κ1) is 15.5. The third-order valence-electron chi connectivity index (χ3n) is 3.77. The molecule has 4 heteroatoms. The van der Waals surface area contributed by atoms with Crippen molar-refractivity contribution in [3.05, 3.63) is 22.4 Å². The molecular weight excluding hydrogens is 268 g/mol. The first-order valence-corrected chi connectivity index (χ1v) is 8.52. The Bertz CT molecular complexity index is 428. The summed E-state index contributed by atoms with van der Waals surface area (Å²) in [5.74, 6) is 1.43. The average Bonchev–Trinajstić information content (AvgIpc) is 2.96. The van der Waals surface area contributed by atoms with Crippen molar-refractivity contribution in [3.8, 4) is 0 Å². The SMILES string of the molecule is CC(C)CCN1C(=O)C(CC(C)C)NC1c1ccsc1. The molecule has 2 atom stereocenters. The summed E-state index contributed by atoms with van der Waals surface area (Å²) in [4.78, 5) is 14.7. The van der Waals surface area contributed by atoms with E-state index < -0.39 is 0 Å². The fraction of sp³-hybridized carbons (Fsp3) is 0.688. The highest BCUT2D eigenvalue weighted by atomic mass is 32.1. The lowest BCUT2D eigenvalue weighted by molar-refractivity contribution is -0.130. The van der Waals surface area contributed by atoms with Crippen LogP contribution in [0.25, 0.3) is 0 Å².